The topological polar surface area (TPSA) is 62.3 Å². The quantitative estimate of drug-likeness (QED) is 0.648. The third kappa shape index (κ3) is 7.65. The number of rotatable bonds is 10. The van der Waals surface area contributed by atoms with Crippen molar-refractivity contribution in [1.82, 2.24) is 4.90 Å². The summed E-state index contributed by atoms with van der Waals surface area (Å²) in [5.74, 6) is 0.645. The minimum Gasteiger partial charge on any atom is -0.383 e. The maximum Gasteiger partial charge on any atom is 0.104 e. The molecule has 18 heavy (non-hydrogen) atoms. The lowest BCUT2D eigenvalue weighted by atomic mass is 9.93. The largest absolute Gasteiger partial charge is 0.383 e. The summed E-state index contributed by atoms with van der Waals surface area (Å²) in [6, 6.07) is 2.22. The van der Waals surface area contributed by atoms with Crippen molar-refractivity contribution >= 4 is 0 Å². The van der Waals surface area contributed by atoms with E-state index in [-0.39, 0.29) is 0 Å². The molecule has 0 aromatic carbocycles. The predicted octanol–water partition coefficient (Wildman–Crippen LogP) is 2.00. The van der Waals surface area contributed by atoms with Crippen LogP contribution in [0.3, 0.4) is 0 Å². The number of methoxy groups -OCH3 is 1. The average molecular weight is 255 g/mol. The maximum absolute atomic E-state index is 9.03. The van der Waals surface area contributed by atoms with E-state index in [0.29, 0.717) is 12.3 Å². The molecule has 0 spiro atoms. The molecule has 0 fully saturated rings. The fourth-order valence-corrected chi connectivity index (χ4v) is 1.96. The number of nitrogens with zero attached hydrogens (tertiary/aromatic N) is 2. The minimum absolute atomic E-state index is 0.645. The van der Waals surface area contributed by atoms with Crippen LogP contribution in [-0.2, 0) is 4.74 Å². The van der Waals surface area contributed by atoms with E-state index in [4.69, 9.17) is 15.7 Å². The van der Waals surface area contributed by atoms with Gasteiger partial charge in [0.15, 0.2) is 0 Å². The van der Waals surface area contributed by atoms with E-state index in [0.717, 1.165) is 39.1 Å². The number of hydrogen-bond donors (Lipinski definition) is 1. The zero-order valence-electron chi connectivity index (χ0n) is 12.4. The summed E-state index contributed by atoms with van der Waals surface area (Å²) in [6.45, 7) is 10.2. The lowest BCUT2D eigenvalue weighted by molar-refractivity contribution is 0.137. The molecule has 0 rings (SSSR count). The number of nitrogens with two attached hydrogens (primary N) is 1. The second-order valence-electron chi connectivity index (χ2n) is 5.41. The molecule has 1 atom stereocenters. The van der Waals surface area contributed by atoms with Crippen molar-refractivity contribution in [3.8, 4) is 6.07 Å². The Labute approximate surface area is 112 Å². The van der Waals surface area contributed by atoms with Gasteiger partial charge in [-0.1, -0.05) is 20.8 Å². The Bertz CT molecular complexity index is 250. The van der Waals surface area contributed by atoms with Crippen molar-refractivity contribution < 1.29 is 4.74 Å². The Hall–Kier alpha value is -0.630. The minimum atomic E-state index is -0.648. The second-order valence-corrected chi connectivity index (χ2v) is 5.41. The summed E-state index contributed by atoms with van der Waals surface area (Å²) >= 11 is 0. The van der Waals surface area contributed by atoms with Crippen molar-refractivity contribution in [2.75, 3.05) is 33.4 Å². The molecular weight excluding hydrogens is 226 g/mol. The first-order chi connectivity index (χ1) is 8.47. The molecule has 4 nitrogen and oxygen atoms in total. The third-order valence-corrected chi connectivity index (χ3v) is 3.19. The van der Waals surface area contributed by atoms with Gasteiger partial charge >= 0.3 is 0 Å². The second kappa shape index (κ2) is 9.32. The van der Waals surface area contributed by atoms with Gasteiger partial charge < -0.3 is 15.4 Å². The highest BCUT2D eigenvalue weighted by Gasteiger charge is 2.21. The highest BCUT2D eigenvalue weighted by atomic mass is 16.5. The highest BCUT2D eigenvalue weighted by Crippen LogP contribution is 2.13. The molecule has 106 valence electrons. The fraction of sp³-hybridized carbons (Fsp3) is 0.929. The van der Waals surface area contributed by atoms with Crippen molar-refractivity contribution in [3.05, 3.63) is 0 Å². The number of ether oxygens (including phenoxy) is 1. The highest BCUT2D eigenvalue weighted by molar-refractivity contribution is 5.03. The summed E-state index contributed by atoms with van der Waals surface area (Å²) in [7, 11) is 1.73. The van der Waals surface area contributed by atoms with E-state index in [1.54, 1.807) is 7.11 Å². The Morgan fingerprint density at radius 3 is 2.50 bits per heavy atom. The van der Waals surface area contributed by atoms with E-state index in [1.165, 1.54) is 0 Å². The van der Waals surface area contributed by atoms with Gasteiger partial charge in [-0.25, -0.2) is 0 Å². The van der Waals surface area contributed by atoms with Crippen molar-refractivity contribution in [3.63, 3.8) is 0 Å². The van der Waals surface area contributed by atoms with Crippen LogP contribution in [0.5, 0.6) is 0 Å². The van der Waals surface area contributed by atoms with Gasteiger partial charge in [0.25, 0.3) is 0 Å². The summed E-state index contributed by atoms with van der Waals surface area (Å²) in [5, 5.41) is 9.03. The third-order valence-electron chi connectivity index (χ3n) is 3.19. The molecule has 0 bridgehead atoms. The summed E-state index contributed by atoms with van der Waals surface area (Å²) in [5.41, 5.74) is 5.33. The monoisotopic (exact) mass is 255 g/mol. The van der Waals surface area contributed by atoms with Gasteiger partial charge in [0.2, 0.25) is 0 Å². The predicted molar refractivity (Wildman–Crippen MR) is 75.2 cm³/mol. The van der Waals surface area contributed by atoms with E-state index in [1.807, 2.05) is 6.92 Å². The van der Waals surface area contributed by atoms with Crippen LogP contribution in [0.2, 0.25) is 0 Å². The molecule has 0 saturated heterocycles. The molecule has 0 heterocycles. The van der Waals surface area contributed by atoms with Gasteiger partial charge in [-0.15, -0.1) is 0 Å². The lowest BCUT2D eigenvalue weighted by Gasteiger charge is -2.26. The van der Waals surface area contributed by atoms with Crippen LogP contribution in [0.15, 0.2) is 0 Å². The van der Waals surface area contributed by atoms with Crippen LogP contribution < -0.4 is 5.73 Å². The molecule has 0 saturated carbocycles. The van der Waals surface area contributed by atoms with Crippen molar-refractivity contribution in [2.24, 2.45) is 11.7 Å². The molecule has 1 unspecified atom stereocenters. The summed E-state index contributed by atoms with van der Waals surface area (Å²) in [6.07, 6.45) is 2.45. The zero-order chi connectivity index (χ0) is 14.0. The number of nitriles is 1. The standard InChI is InChI=1S/C14H29N3O/c1-5-14(16,12-15)7-6-8-17(9-10-18-4)11-13(2)3/h13H,5-11,16H2,1-4H3. The summed E-state index contributed by atoms with van der Waals surface area (Å²) in [4.78, 5) is 2.39. The van der Waals surface area contributed by atoms with Crippen molar-refractivity contribution in [1.29, 1.82) is 5.26 Å². The SMILES string of the molecule is CCC(N)(C#N)CCCN(CCOC)CC(C)C. The first-order valence-corrected chi connectivity index (χ1v) is 6.89. The smallest absolute Gasteiger partial charge is 0.104 e. The van der Waals surface area contributed by atoms with Crippen molar-refractivity contribution in [2.45, 2.75) is 45.6 Å². The normalized spacial score (nSPS) is 14.8. The Kier molecular flexibility index (Phi) is 8.99. The zero-order valence-corrected chi connectivity index (χ0v) is 12.4. The van der Waals surface area contributed by atoms with Crippen LogP contribution in [0, 0.1) is 17.2 Å². The first kappa shape index (κ1) is 17.4. The first-order valence-electron chi connectivity index (χ1n) is 6.89. The molecule has 0 amide bonds. The van der Waals surface area contributed by atoms with Gasteiger partial charge in [-0.3, -0.25) is 0 Å². The average Bonchev–Trinajstić information content (AvgIpc) is 2.34. The maximum atomic E-state index is 9.03. The van der Waals surface area contributed by atoms with Crippen LogP contribution in [0.1, 0.15) is 40.0 Å². The molecule has 0 aromatic heterocycles. The molecule has 4 heteroatoms. The van der Waals surface area contributed by atoms with Gasteiger partial charge in [-0.05, 0) is 31.7 Å². The molecule has 0 aliphatic rings. The molecule has 0 aliphatic carbocycles. The van der Waals surface area contributed by atoms with Gasteiger partial charge in [0.05, 0.1) is 12.7 Å². The Morgan fingerprint density at radius 2 is 2.06 bits per heavy atom. The van der Waals surface area contributed by atoms with Gasteiger partial charge in [-0.2, -0.15) is 5.26 Å². The van der Waals surface area contributed by atoms with E-state index < -0.39 is 5.54 Å². The molecule has 0 aromatic rings. The molecule has 0 radical (unpaired) electrons. The Balaban J connectivity index is 4.06. The summed E-state index contributed by atoms with van der Waals surface area (Å²) < 4.78 is 5.12. The van der Waals surface area contributed by atoms with Crippen LogP contribution >= 0.6 is 0 Å². The van der Waals surface area contributed by atoms with E-state index in [2.05, 4.69) is 24.8 Å². The molecular formula is C14H29N3O. The molecule has 2 N–H and O–H groups in total. The fourth-order valence-electron chi connectivity index (χ4n) is 1.96. The van der Waals surface area contributed by atoms with Gasteiger partial charge in [0, 0.05) is 20.2 Å². The van der Waals surface area contributed by atoms with E-state index >= 15 is 0 Å². The van der Waals surface area contributed by atoms with Gasteiger partial charge in [0.1, 0.15) is 5.54 Å². The van der Waals surface area contributed by atoms with Crippen LogP contribution in [0.25, 0.3) is 0 Å². The Morgan fingerprint density at radius 1 is 1.39 bits per heavy atom. The van der Waals surface area contributed by atoms with Crippen LogP contribution in [-0.4, -0.2) is 43.8 Å². The van der Waals surface area contributed by atoms with Crippen LogP contribution in [0.4, 0.5) is 0 Å². The molecule has 0 aliphatic heterocycles. The van der Waals surface area contributed by atoms with E-state index in [9.17, 15) is 0 Å². The number of hydrogen-bond acceptors (Lipinski definition) is 4. The lowest BCUT2D eigenvalue weighted by Crippen LogP contribution is -2.39.